The summed E-state index contributed by atoms with van der Waals surface area (Å²) in [5.74, 6) is -0.348. The van der Waals surface area contributed by atoms with E-state index in [2.05, 4.69) is 10.6 Å². The lowest BCUT2D eigenvalue weighted by Gasteiger charge is -2.17. The monoisotopic (exact) mass is 356 g/mol. The number of hydrogen-bond acceptors (Lipinski definition) is 2. The highest BCUT2D eigenvalue weighted by molar-refractivity contribution is 6.42. The highest BCUT2D eigenvalue weighted by Crippen LogP contribution is 2.50. The third kappa shape index (κ3) is 4.39. The summed E-state index contributed by atoms with van der Waals surface area (Å²) in [6.07, 6.45) is 1.58. The number of rotatable bonds is 6. The van der Waals surface area contributed by atoms with E-state index in [9.17, 15) is 9.59 Å². The molecule has 0 radical (unpaired) electrons. The van der Waals surface area contributed by atoms with Crippen LogP contribution < -0.4 is 10.6 Å². The molecule has 6 heteroatoms. The van der Waals surface area contributed by atoms with Crippen LogP contribution in [0.1, 0.15) is 45.1 Å². The van der Waals surface area contributed by atoms with Crippen molar-refractivity contribution in [2.24, 2.45) is 5.92 Å². The molecule has 2 rings (SSSR count). The number of halogens is 2. The Bertz CT molecular complexity index is 606. The largest absolute Gasteiger partial charge is 0.352 e. The lowest BCUT2D eigenvalue weighted by Crippen LogP contribution is -2.47. The molecule has 2 N–H and O–H groups in total. The molecule has 23 heavy (non-hydrogen) atoms. The first-order valence-electron chi connectivity index (χ1n) is 7.89. The molecule has 1 aromatic carbocycles. The quantitative estimate of drug-likeness (QED) is 0.819. The minimum Gasteiger partial charge on any atom is -0.352 e. The van der Waals surface area contributed by atoms with Crippen LogP contribution in [0.3, 0.4) is 0 Å². The van der Waals surface area contributed by atoms with Crippen LogP contribution in [0.4, 0.5) is 0 Å². The molecule has 2 amide bonds. The van der Waals surface area contributed by atoms with E-state index >= 15 is 0 Å². The molecule has 0 aromatic heterocycles. The highest BCUT2D eigenvalue weighted by Gasteiger charge is 2.45. The fraction of sp³-hybridized carbons (Fsp3) is 0.529. The van der Waals surface area contributed by atoms with Gasteiger partial charge in [0.05, 0.1) is 10.0 Å². The smallest absolute Gasteiger partial charge is 0.242 e. The number of nitrogens with one attached hydrogen (secondary N) is 2. The maximum atomic E-state index is 12.3. The maximum absolute atomic E-state index is 12.3. The van der Waals surface area contributed by atoms with E-state index in [1.165, 1.54) is 0 Å². The van der Waals surface area contributed by atoms with Crippen molar-refractivity contribution in [3.63, 3.8) is 0 Å². The maximum Gasteiger partial charge on any atom is 0.242 e. The molecule has 1 aromatic rings. The predicted molar refractivity (Wildman–Crippen MR) is 92.8 cm³/mol. The van der Waals surface area contributed by atoms with Crippen molar-refractivity contribution in [3.8, 4) is 0 Å². The number of hydrogen-bond donors (Lipinski definition) is 2. The van der Waals surface area contributed by atoms with Gasteiger partial charge in [-0.2, -0.15) is 0 Å². The van der Waals surface area contributed by atoms with Crippen LogP contribution in [0, 0.1) is 5.92 Å². The number of carbonyl (C=O) groups excluding carboxylic acids is 2. The molecule has 4 atom stereocenters. The van der Waals surface area contributed by atoms with Gasteiger partial charge in [-0.3, -0.25) is 9.59 Å². The average molecular weight is 357 g/mol. The Labute approximate surface area is 146 Å². The van der Waals surface area contributed by atoms with Gasteiger partial charge in [-0.25, -0.2) is 0 Å². The lowest BCUT2D eigenvalue weighted by molar-refractivity contribution is -0.129. The molecule has 1 saturated carbocycles. The van der Waals surface area contributed by atoms with E-state index in [0.717, 1.165) is 18.4 Å². The molecular weight excluding hydrogens is 335 g/mol. The summed E-state index contributed by atoms with van der Waals surface area (Å²) in [5.41, 5.74) is 0.899. The van der Waals surface area contributed by atoms with Gasteiger partial charge in [-0.05, 0) is 44.2 Å². The van der Waals surface area contributed by atoms with Gasteiger partial charge in [0.1, 0.15) is 6.04 Å². The van der Waals surface area contributed by atoms with Gasteiger partial charge in [0.15, 0.2) is 0 Å². The fourth-order valence-electron chi connectivity index (χ4n) is 2.49. The van der Waals surface area contributed by atoms with Gasteiger partial charge in [0.2, 0.25) is 11.8 Å². The third-order valence-electron chi connectivity index (χ3n) is 4.26. The first-order valence-corrected chi connectivity index (χ1v) is 8.65. The summed E-state index contributed by atoms with van der Waals surface area (Å²) in [6.45, 7) is 5.63. The van der Waals surface area contributed by atoms with Crippen molar-refractivity contribution < 1.29 is 9.59 Å². The van der Waals surface area contributed by atoms with Crippen molar-refractivity contribution in [2.45, 2.75) is 51.6 Å². The Kier molecular flexibility index (Phi) is 5.93. The predicted octanol–water partition coefficient (Wildman–Crippen LogP) is 3.52. The van der Waals surface area contributed by atoms with Crippen LogP contribution in [-0.4, -0.2) is 23.9 Å². The summed E-state index contributed by atoms with van der Waals surface area (Å²) >= 11 is 12.2. The molecule has 1 fully saturated rings. The number of carbonyl (C=O) groups is 2. The van der Waals surface area contributed by atoms with Gasteiger partial charge >= 0.3 is 0 Å². The van der Waals surface area contributed by atoms with Crippen molar-refractivity contribution in [2.75, 3.05) is 0 Å². The van der Waals surface area contributed by atoms with Crippen LogP contribution in [-0.2, 0) is 9.59 Å². The average Bonchev–Trinajstić information content (AvgIpc) is 3.30. The molecule has 126 valence electrons. The zero-order chi connectivity index (χ0) is 17.1. The van der Waals surface area contributed by atoms with E-state index in [1.807, 2.05) is 26.0 Å². The van der Waals surface area contributed by atoms with E-state index < -0.39 is 6.04 Å². The Morgan fingerprint density at radius 3 is 2.61 bits per heavy atom. The Balaban J connectivity index is 1.91. The lowest BCUT2D eigenvalue weighted by atomic mass is 10.1. The van der Waals surface area contributed by atoms with Gasteiger partial charge < -0.3 is 10.6 Å². The molecule has 0 spiro atoms. The zero-order valence-electron chi connectivity index (χ0n) is 13.5. The number of amides is 2. The summed E-state index contributed by atoms with van der Waals surface area (Å²) in [6, 6.07) is 5.00. The van der Waals surface area contributed by atoms with Crippen LogP contribution in [0.25, 0.3) is 0 Å². The van der Waals surface area contributed by atoms with Crippen LogP contribution in [0.2, 0.25) is 10.0 Å². The summed E-state index contributed by atoms with van der Waals surface area (Å²) in [7, 11) is 0. The van der Waals surface area contributed by atoms with Gasteiger partial charge in [-0.15, -0.1) is 0 Å². The summed E-state index contributed by atoms with van der Waals surface area (Å²) in [5, 5.41) is 6.65. The second kappa shape index (κ2) is 7.54. The Hall–Kier alpha value is -1.26. The molecule has 0 aliphatic heterocycles. The van der Waals surface area contributed by atoms with Crippen LogP contribution >= 0.6 is 23.2 Å². The van der Waals surface area contributed by atoms with Crippen molar-refractivity contribution in [1.82, 2.24) is 10.6 Å². The molecule has 4 unspecified atom stereocenters. The van der Waals surface area contributed by atoms with Crippen molar-refractivity contribution in [3.05, 3.63) is 33.8 Å². The summed E-state index contributed by atoms with van der Waals surface area (Å²) < 4.78 is 0. The molecule has 0 bridgehead atoms. The number of benzene rings is 1. The standard InChI is InChI=1S/C17H22Cl2N2O2/c1-4-9(2)20-16(22)10(3)21-17(23)13-8-12(13)11-6-5-7-14(18)15(11)19/h5-7,9-10,12-13H,4,8H2,1-3H3,(H,20,22)(H,21,23). The molecule has 0 saturated heterocycles. The first kappa shape index (κ1) is 18.1. The molecule has 4 nitrogen and oxygen atoms in total. The molecule has 1 aliphatic carbocycles. The van der Waals surface area contributed by atoms with E-state index in [4.69, 9.17) is 23.2 Å². The highest BCUT2D eigenvalue weighted by atomic mass is 35.5. The SMILES string of the molecule is CCC(C)NC(=O)C(C)NC(=O)C1CC1c1cccc(Cl)c1Cl. The topological polar surface area (TPSA) is 58.2 Å². The third-order valence-corrected chi connectivity index (χ3v) is 5.09. The van der Waals surface area contributed by atoms with Crippen LogP contribution in [0.15, 0.2) is 18.2 Å². The fourth-order valence-corrected chi connectivity index (χ4v) is 2.94. The Morgan fingerprint density at radius 2 is 1.96 bits per heavy atom. The van der Waals surface area contributed by atoms with E-state index in [1.54, 1.807) is 13.0 Å². The van der Waals surface area contributed by atoms with Crippen LogP contribution in [0.5, 0.6) is 0 Å². The first-order chi connectivity index (χ1) is 10.8. The second-order valence-electron chi connectivity index (χ2n) is 6.14. The minimum absolute atomic E-state index is 0.0750. The zero-order valence-corrected chi connectivity index (χ0v) is 15.0. The summed E-state index contributed by atoms with van der Waals surface area (Å²) in [4.78, 5) is 24.3. The molecule has 1 aliphatic rings. The van der Waals surface area contributed by atoms with Gasteiger partial charge in [0.25, 0.3) is 0 Å². The van der Waals surface area contributed by atoms with Gasteiger partial charge in [0, 0.05) is 12.0 Å². The normalized spacial score (nSPS) is 22.1. The van der Waals surface area contributed by atoms with Crippen molar-refractivity contribution >= 4 is 35.0 Å². The molecular formula is C17H22Cl2N2O2. The Morgan fingerprint density at radius 1 is 1.26 bits per heavy atom. The van der Waals surface area contributed by atoms with Crippen molar-refractivity contribution in [1.29, 1.82) is 0 Å². The second-order valence-corrected chi connectivity index (χ2v) is 6.93. The van der Waals surface area contributed by atoms with Gasteiger partial charge in [-0.1, -0.05) is 42.3 Å². The minimum atomic E-state index is -0.549. The van der Waals surface area contributed by atoms with E-state index in [0.29, 0.717) is 10.0 Å². The molecule has 0 heterocycles. The van der Waals surface area contributed by atoms with E-state index in [-0.39, 0.29) is 29.7 Å².